The molecule has 0 heterocycles. The number of benzene rings is 1. The Balaban J connectivity index is 1.96. The third-order valence-electron chi connectivity index (χ3n) is 4.17. The van der Waals surface area contributed by atoms with Gasteiger partial charge in [0.05, 0.1) is 6.10 Å². The number of carbonyl (C=O) groups excluding carboxylic acids is 1. The van der Waals surface area contributed by atoms with E-state index in [2.05, 4.69) is 19.2 Å². The van der Waals surface area contributed by atoms with Gasteiger partial charge < -0.3 is 15.2 Å². The lowest BCUT2D eigenvalue weighted by molar-refractivity contribution is -0.128. The smallest absolute Gasteiger partial charge is 0.260 e. The molecule has 1 aliphatic rings. The quantitative estimate of drug-likeness (QED) is 0.847. The molecule has 0 radical (unpaired) electrons. The van der Waals surface area contributed by atoms with Crippen LogP contribution in [0.1, 0.15) is 57.3 Å². The highest BCUT2D eigenvalue weighted by Gasteiger charge is 2.22. The van der Waals surface area contributed by atoms with E-state index < -0.39 is 6.10 Å². The van der Waals surface area contributed by atoms with Gasteiger partial charge in [-0.15, -0.1) is 0 Å². The second-order valence-corrected chi connectivity index (χ2v) is 5.70. The topological polar surface area (TPSA) is 58.6 Å². The number of carbonyl (C=O) groups is 1. The van der Waals surface area contributed by atoms with Gasteiger partial charge in [0.25, 0.3) is 5.91 Å². The number of amides is 1. The summed E-state index contributed by atoms with van der Waals surface area (Å²) in [5.41, 5.74) is 2.10. The predicted molar refractivity (Wildman–Crippen MR) is 82.3 cm³/mol. The van der Waals surface area contributed by atoms with Gasteiger partial charge in [-0.1, -0.05) is 19.9 Å². The molecule has 2 atom stereocenters. The van der Waals surface area contributed by atoms with Crippen LogP contribution in [0.25, 0.3) is 0 Å². The first-order valence-electron chi connectivity index (χ1n) is 7.83. The van der Waals surface area contributed by atoms with Gasteiger partial charge in [0.15, 0.2) is 6.10 Å². The van der Waals surface area contributed by atoms with Crippen molar-refractivity contribution in [2.75, 3.05) is 0 Å². The normalized spacial score (nSPS) is 18.4. The van der Waals surface area contributed by atoms with Gasteiger partial charge >= 0.3 is 0 Å². The van der Waals surface area contributed by atoms with Crippen LogP contribution in [0.3, 0.4) is 0 Å². The predicted octanol–water partition coefficient (Wildman–Crippen LogP) is 2.74. The summed E-state index contributed by atoms with van der Waals surface area (Å²) in [7, 11) is 0. The Morgan fingerprint density at radius 2 is 2.14 bits per heavy atom. The summed E-state index contributed by atoms with van der Waals surface area (Å²) in [6.07, 6.45) is 2.60. The lowest BCUT2D eigenvalue weighted by Gasteiger charge is -2.19. The Bertz CT molecular complexity index is 497. The van der Waals surface area contributed by atoms with Crippen LogP contribution < -0.4 is 10.1 Å². The number of aryl methyl sites for hydroxylation is 1. The van der Waals surface area contributed by atoms with Crippen LogP contribution in [0.4, 0.5) is 0 Å². The van der Waals surface area contributed by atoms with E-state index in [4.69, 9.17) is 4.74 Å². The molecule has 1 amide bonds. The molecule has 2 rings (SSSR count). The van der Waals surface area contributed by atoms with E-state index in [1.54, 1.807) is 6.92 Å². The Morgan fingerprint density at radius 1 is 1.43 bits per heavy atom. The van der Waals surface area contributed by atoms with Gasteiger partial charge in [0.1, 0.15) is 5.75 Å². The van der Waals surface area contributed by atoms with E-state index in [0.717, 1.165) is 36.8 Å². The first-order chi connectivity index (χ1) is 10.0. The van der Waals surface area contributed by atoms with Crippen molar-refractivity contribution in [3.05, 3.63) is 29.3 Å². The molecule has 0 fully saturated rings. The minimum Gasteiger partial charge on any atom is -0.481 e. The van der Waals surface area contributed by atoms with Crippen LogP contribution in [0.2, 0.25) is 0 Å². The highest BCUT2D eigenvalue weighted by atomic mass is 16.5. The summed E-state index contributed by atoms with van der Waals surface area (Å²) in [6, 6.07) is 5.87. The molecule has 0 spiro atoms. The molecular formula is C17H25NO3. The van der Waals surface area contributed by atoms with Crippen LogP contribution in [0, 0.1) is 0 Å². The average molecular weight is 291 g/mol. The number of rotatable bonds is 6. The van der Waals surface area contributed by atoms with Crippen LogP contribution in [0.5, 0.6) is 5.75 Å². The molecule has 0 saturated carbocycles. The zero-order chi connectivity index (χ0) is 15.4. The third-order valence-corrected chi connectivity index (χ3v) is 4.17. The van der Waals surface area contributed by atoms with Crippen molar-refractivity contribution in [3.8, 4) is 5.75 Å². The fourth-order valence-electron chi connectivity index (χ4n) is 2.71. The lowest BCUT2D eigenvalue weighted by atomic mass is 10.1. The standard InChI is InChI=1S/C17H25NO3/c1-4-13(5-2)18-17(20)11(3)21-14-7-8-15-12(10-14)6-9-16(15)19/h7-8,10-11,13,16,19H,4-6,9H2,1-3H3,(H,18,20). The fourth-order valence-corrected chi connectivity index (χ4v) is 2.71. The molecule has 1 aromatic rings. The lowest BCUT2D eigenvalue weighted by Crippen LogP contribution is -2.42. The maximum Gasteiger partial charge on any atom is 0.260 e. The van der Waals surface area contributed by atoms with Crippen molar-refractivity contribution in [1.82, 2.24) is 5.32 Å². The van der Waals surface area contributed by atoms with Crippen molar-refractivity contribution < 1.29 is 14.6 Å². The van der Waals surface area contributed by atoms with E-state index >= 15 is 0 Å². The second kappa shape index (κ2) is 6.94. The monoisotopic (exact) mass is 291 g/mol. The number of nitrogens with one attached hydrogen (secondary N) is 1. The zero-order valence-corrected chi connectivity index (χ0v) is 13.1. The number of ether oxygens (including phenoxy) is 1. The molecule has 4 heteroatoms. The largest absolute Gasteiger partial charge is 0.481 e. The van der Waals surface area contributed by atoms with Crippen molar-refractivity contribution >= 4 is 5.91 Å². The highest BCUT2D eigenvalue weighted by Crippen LogP contribution is 2.33. The molecule has 0 aromatic heterocycles. The van der Waals surface area contributed by atoms with Crippen molar-refractivity contribution in [2.45, 2.75) is 64.7 Å². The van der Waals surface area contributed by atoms with Gasteiger partial charge in [-0.25, -0.2) is 0 Å². The maximum absolute atomic E-state index is 12.1. The number of aliphatic hydroxyl groups is 1. The molecule has 0 saturated heterocycles. The van der Waals surface area contributed by atoms with Gasteiger partial charge in [-0.05, 0) is 55.9 Å². The zero-order valence-electron chi connectivity index (χ0n) is 13.1. The average Bonchev–Trinajstić information content (AvgIpc) is 2.85. The van der Waals surface area contributed by atoms with E-state index in [-0.39, 0.29) is 18.1 Å². The molecule has 0 bridgehead atoms. The summed E-state index contributed by atoms with van der Waals surface area (Å²) in [4.78, 5) is 12.1. The Kier molecular flexibility index (Phi) is 5.23. The van der Waals surface area contributed by atoms with Crippen molar-refractivity contribution in [1.29, 1.82) is 0 Å². The van der Waals surface area contributed by atoms with Crippen LogP contribution in [-0.2, 0) is 11.2 Å². The van der Waals surface area contributed by atoms with Crippen LogP contribution >= 0.6 is 0 Å². The van der Waals surface area contributed by atoms with E-state index in [1.165, 1.54) is 0 Å². The van der Waals surface area contributed by atoms with Crippen LogP contribution in [0.15, 0.2) is 18.2 Å². The molecule has 0 aliphatic heterocycles. The third kappa shape index (κ3) is 3.76. The minimum atomic E-state index is -0.519. The highest BCUT2D eigenvalue weighted by molar-refractivity contribution is 5.81. The van der Waals surface area contributed by atoms with E-state index in [9.17, 15) is 9.90 Å². The first-order valence-corrected chi connectivity index (χ1v) is 7.83. The number of hydrogen-bond acceptors (Lipinski definition) is 3. The maximum atomic E-state index is 12.1. The van der Waals surface area contributed by atoms with Crippen LogP contribution in [-0.4, -0.2) is 23.2 Å². The van der Waals surface area contributed by atoms with Gasteiger partial charge in [-0.2, -0.15) is 0 Å². The molecule has 1 aliphatic carbocycles. The second-order valence-electron chi connectivity index (χ2n) is 5.70. The van der Waals surface area contributed by atoms with E-state index in [0.29, 0.717) is 5.75 Å². The fraction of sp³-hybridized carbons (Fsp3) is 0.588. The van der Waals surface area contributed by atoms with Gasteiger partial charge in [0, 0.05) is 6.04 Å². The summed E-state index contributed by atoms with van der Waals surface area (Å²) >= 11 is 0. The molecule has 1 aromatic carbocycles. The summed E-state index contributed by atoms with van der Waals surface area (Å²) in [5.74, 6) is 0.610. The molecule has 4 nitrogen and oxygen atoms in total. The van der Waals surface area contributed by atoms with Gasteiger partial charge in [0.2, 0.25) is 0 Å². The molecule has 21 heavy (non-hydrogen) atoms. The Morgan fingerprint density at radius 3 is 2.81 bits per heavy atom. The summed E-state index contributed by atoms with van der Waals surface area (Å²) in [6.45, 7) is 5.89. The number of aliphatic hydroxyl groups excluding tert-OH is 1. The minimum absolute atomic E-state index is 0.0794. The molecule has 116 valence electrons. The SMILES string of the molecule is CCC(CC)NC(=O)C(C)Oc1ccc2c(c1)CCC2O. The van der Waals surface area contributed by atoms with Gasteiger partial charge in [-0.3, -0.25) is 4.79 Å². The molecular weight excluding hydrogens is 266 g/mol. The first kappa shape index (κ1) is 15.8. The summed E-state index contributed by atoms with van der Waals surface area (Å²) in [5, 5.41) is 12.8. The summed E-state index contributed by atoms with van der Waals surface area (Å²) < 4.78 is 5.73. The van der Waals surface area contributed by atoms with Crippen molar-refractivity contribution in [2.24, 2.45) is 0 Å². The Hall–Kier alpha value is -1.55. The number of fused-ring (bicyclic) bond motifs is 1. The number of hydrogen-bond donors (Lipinski definition) is 2. The molecule has 2 N–H and O–H groups in total. The Labute approximate surface area is 126 Å². The van der Waals surface area contributed by atoms with E-state index in [1.807, 2.05) is 18.2 Å². The van der Waals surface area contributed by atoms with Crippen molar-refractivity contribution in [3.63, 3.8) is 0 Å². The molecule has 2 unspecified atom stereocenters.